The van der Waals surface area contributed by atoms with Gasteiger partial charge < -0.3 is 10.6 Å². The number of hydrogen-bond acceptors (Lipinski definition) is 4. The van der Waals surface area contributed by atoms with Gasteiger partial charge in [-0.15, -0.1) is 0 Å². The molecule has 0 aliphatic rings. The van der Waals surface area contributed by atoms with E-state index in [1.54, 1.807) is 0 Å². The average Bonchev–Trinajstić information content (AvgIpc) is 2.38. The van der Waals surface area contributed by atoms with Crippen LogP contribution in [0.15, 0.2) is 34.8 Å². The van der Waals surface area contributed by atoms with Crippen molar-refractivity contribution >= 4 is 33.3 Å². The molecule has 5 heteroatoms. The Morgan fingerprint density at radius 2 is 1.75 bits per heavy atom. The van der Waals surface area contributed by atoms with E-state index in [0.29, 0.717) is 5.92 Å². The van der Waals surface area contributed by atoms with E-state index in [1.807, 2.05) is 37.3 Å². The van der Waals surface area contributed by atoms with E-state index in [0.717, 1.165) is 34.2 Å². The zero-order valence-electron chi connectivity index (χ0n) is 11.9. The van der Waals surface area contributed by atoms with Crippen LogP contribution >= 0.6 is 15.9 Å². The monoisotopic (exact) mass is 334 g/mol. The molecule has 0 unspecified atom stereocenters. The van der Waals surface area contributed by atoms with Crippen LogP contribution in [0.25, 0.3) is 0 Å². The molecule has 2 N–H and O–H groups in total. The van der Waals surface area contributed by atoms with Crippen LogP contribution in [0.3, 0.4) is 0 Å². The number of anilines is 3. The van der Waals surface area contributed by atoms with Crippen LogP contribution in [0.1, 0.15) is 19.7 Å². The molecule has 0 bridgehead atoms. The van der Waals surface area contributed by atoms with Gasteiger partial charge in [-0.05, 0) is 37.1 Å². The summed E-state index contributed by atoms with van der Waals surface area (Å²) < 4.78 is 1.06. The summed E-state index contributed by atoms with van der Waals surface area (Å²) in [6, 6.07) is 9.92. The lowest BCUT2D eigenvalue weighted by Gasteiger charge is -2.11. The van der Waals surface area contributed by atoms with Crippen LogP contribution in [0, 0.1) is 12.8 Å². The van der Waals surface area contributed by atoms with Crippen molar-refractivity contribution in [2.45, 2.75) is 20.8 Å². The summed E-state index contributed by atoms with van der Waals surface area (Å²) in [6.07, 6.45) is 0. The summed E-state index contributed by atoms with van der Waals surface area (Å²) in [5, 5.41) is 6.61. The van der Waals surface area contributed by atoms with Crippen molar-refractivity contribution in [2.24, 2.45) is 5.92 Å². The van der Waals surface area contributed by atoms with Crippen LogP contribution in [0.5, 0.6) is 0 Å². The van der Waals surface area contributed by atoms with E-state index in [2.05, 4.69) is 50.4 Å². The molecule has 0 aliphatic heterocycles. The number of halogens is 1. The lowest BCUT2D eigenvalue weighted by atomic mass is 10.2. The van der Waals surface area contributed by atoms with Gasteiger partial charge in [-0.25, -0.2) is 9.97 Å². The highest BCUT2D eigenvalue weighted by molar-refractivity contribution is 9.10. The Bertz CT molecular complexity index is 567. The van der Waals surface area contributed by atoms with E-state index in [1.165, 1.54) is 0 Å². The third-order valence-corrected chi connectivity index (χ3v) is 3.17. The maximum absolute atomic E-state index is 4.40. The molecule has 1 aromatic carbocycles. The zero-order valence-corrected chi connectivity index (χ0v) is 13.5. The second-order valence-corrected chi connectivity index (χ2v) is 6.01. The van der Waals surface area contributed by atoms with Gasteiger partial charge >= 0.3 is 0 Å². The molecule has 0 saturated carbocycles. The second-order valence-electron chi connectivity index (χ2n) is 5.09. The SMILES string of the molecule is Cc1nc(NCC(C)C)cc(Nc2ccc(Br)cc2)n1. The lowest BCUT2D eigenvalue weighted by Crippen LogP contribution is -2.10. The molecule has 2 aromatic rings. The van der Waals surface area contributed by atoms with Gasteiger partial charge in [0.25, 0.3) is 0 Å². The minimum atomic E-state index is 0.577. The standard InChI is InChI=1S/C15H19BrN4/c1-10(2)9-17-14-8-15(19-11(3)18-14)20-13-6-4-12(16)5-7-13/h4-8,10H,9H2,1-3H3,(H2,17,18,19,20). The first-order valence-corrected chi connectivity index (χ1v) is 7.44. The van der Waals surface area contributed by atoms with Gasteiger partial charge in [0.1, 0.15) is 17.5 Å². The van der Waals surface area contributed by atoms with E-state index < -0.39 is 0 Å². The molecule has 0 aliphatic carbocycles. The molecule has 1 aromatic heterocycles. The number of rotatable bonds is 5. The highest BCUT2D eigenvalue weighted by atomic mass is 79.9. The molecular weight excluding hydrogens is 316 g/mol. The predicted octanol–water partition coefficient (Wildman–Crippen LogP) is 4.36. The molecular formula is C15H19BrN4. The van der Waals surface area contributed by atoms with Crippen molar-refractivity contribution < 1.29 is 0 Å². The average molecular weight is 335 g/mol. The zero-order chi connectivity index (χ0) is 14.5. The first-order chi connectivity index (χ1) is 9.52. The summed E-state index contributed by atoms with van der Waals surface area (Å²) in [7, 11) is 0. The Morgan fingerprint density at radius 1 is 1.10 bits per heavy atom. The Balaban J connectivity index is 2.13. The summed E-state index contributed by atoms with van der Waals surface area (Å²) in [5.74, 6) is 2.98. The van der Waals surface area contributed by atoms with Crippen LogP contribution in [0.2, 0.25) is 0 Å². The van der Waals surface area contributed by atoms with Crippen molar-refractivity contribution in [3.05, 3.63) is 40.6 Å². The summed E-state index contributed by atoms with van der Waals surface area (Å²) in [4.78, 5) is 8.80. The van der Waals surface area contributed by atoms with Gasteiger partial charge in [0.15, 0.2) is 0 Å². The molecule has 0 spiro atoms. The quantitative estimate of drug-likeness (QED) is 0.852. The lowest BCUT2D eigenvalue weighted by molar-refractivity contribution is 0.686. The maximum Gasteiger partial charge on any atom is 0.136 e. The molecule has 0 atom stereocenters. The van der Waals surface area contributed by atoms with Crippen molar-refractivity contribution in [1.82, 2.24) is 9.97 Å². The molecule has 20 heavy (non-hydrogen) atoms. The molecule has 2 rings (SSSR count). The predicted molar refractivity (Wildman–Crippen MR) is 87.5 cm³/mol. The summed E-state index contributed by atoms with van der Waals surface area (Å²) in [6.45, 7) is 7.13. The van der Waals surface area contributed by atoms with Crippen molar-refractivity contribution in [2.75, 3.05) is 17.2 Å². The number of nitrogens with one attached hydrogen (secondary N) is 2. The third kappa shape index (κ3) is 4.49. The summed E-state index contributed by atoms with van der Waals surface area (Å²) in [5.41, 5.74) is 1.00. The first kappa shape index (κ1) is 14.8. The number of hydrogen-bond donors (Lipinski definition) is 2. The highest BCUT2D eigenvalue weighted by Crippen LogP contribution is 2.19. The van der Waals surface area contributed by atoms with Crippen LogP contribution in [-0.4, -0.2) is 16.5 Å². The maximum atomic E-state index is 4.40. The van der Waals surface area contributed by atoms with E-state index in [9.17, 15) is 0 Å². The minimum Gasteiger partial charge on any atom is -0.370 e. The van der Waals surface area contributed by atoms with Crippen LogP contribution < -0.4 is 10.6 Å². The third-order valence-electron chi connectivity index (χ3n) is 2.65. The fraction of sp³-hybridized carbons (Fsp3) is 0.333. The molecule has 0 radical (unpaired) electrons. The molecule has 106 valence electrons. The molecule has 4 nitrogen and oxygen atoms in total. The number of aromatic nitrogens is 2. The first-order valence-electron chi connectivity index (χ1n) is 6.65. The molecule has 0 amide bonds. The topological polar surface area (TPSA) is 49.8 Å². The number of nitrogens with zero attached hydrogens (tertiary/aromatic N) is 2. The minimum absolute atomic E-state index is 0.577. The van der Waals surface area contributed by atoms with Gasteiger partial charge in [-0.3, -0.25) is 0 Å². The van der Waals surface area contributed by atoms with Gasteiger partial charge in [0.05, 0.1) is 0 Å². The number of benzene rings is 1. The van der Waals surface area contributed by atoms with Crippen LogP contribution in [-0.2, 0) is 0 Å². The fourth-order valence-electron chi connectivity index (χ4n) is 1.71. The molecule has 0 saturated heterocycles. The van der Waals surface area contributed by atoms with E-state index in [4.69, 9.17) is 0 Å². The fourth-order valence-corrected chi connectivity index (χ4v) is 1.98. The van der Waals surface area contributed by atoms with Gasteiger partial charge in [0.2, 0.25) is 0 Å². The largest absolute Gasteiger partial charge is 0.370 e. The van der Waals surface area contributed by atoms with Crippen molar-refractivity contribution in [3.8, 4) is 0 Å². The van der Waals surface area contributed by atoms with Crippen molar-refractivity contribution in [1.29, 1.82) is 0 Å². The van der Waals surface area contributed by atoms with Gasteiger partial charge in [-0.2, -0.15) is 0 Å². The smallest absolute Gasteiger partial charge is 0.136 e. The van der Waals surface area contributed by atoms with E-state index >= 15 is 0 Å². The summed E-state index contributed by atoms with van der Waals surface area (Å²) >= 11 is 3.42. The van der Waals surface area contributed by atoms with E-state index in [-0.39, 0.29) is 0 Å². The second kappa shape index (κ2) is 6.70. The van der Waals surface area contributed by atoms with Crippen LogP contribution in [0.4, 0.5) is 17.3 Å². The Labute approximate surface area is 128 Å². The normalized spacial score (nSPS) is 10.7. The number of aryl methyl sites for hydroxylation is 1. The Morgan fingerprint density at radius 3 is 2.40 bits per heavy atom. The van der Waals surface area contributed by atoms with Gasteiger partial charge in [0, 0.05) is 22.8 Å². The Kier molecular flexibility index (Phi) is 4.95. The molecule has 1 heterocycles. The van der Waals surface area contributed by atoms with Crippen molar-refractivity contribution in [3.63, 3.8) is 0 Å². The Hall–Kier alpha value is -1.62. The molecule has 0 fully saturated rings. The highest BCUT2D eigenvalue weighted by Gasteiger charge is 2.03. The van der Waals surface area contributed by atoms with Gasteiger partial charge in [-0.1, -0.05) is 29.8 Å².